The summed E-state index contributed by atoms with van der Waals surface area (Å²) >= 11 is 0. The van der Waals surface area contributed by atoms with Gasteiger partial charge in [0, 0.05) is 17.5 Å². The van der Waals surface area contributed by atoms with E-state index in [4.69, 9.17) is 10.5 Å². The second-order valence-corrected chi connectivity index (χ2v) is 6.06. The second kappa shape index (κ2) is 6.83. The smallest absolute Gasteiger partial charge is 0.311 e. The second-order valence-electron chi connectivity index (χ2n) is 6.06. The third-order valence-corrected chi connectivity index (χ3v) is 4.31. The zero-order valence-electron chi connectivity index (χ0n) is 13.1. The maximum atomic E-state index is 14.1. The molecule has 0 saturated heterocycles. The number of carbonyl (C=O) groups excluding carboxylic acids is 2. The highest BCUT2D eigenvalue weighted by Crippen LogP contribution is 2.31. The number of hydrogen-bond donors (Lipinski definition) is 1. The molecular weight excluding hydrogens is 309 g/mol. The molecule has 1 saturated carbocycles. The van der Waals surface area contributed by atoms with Crippen LogP contribution >= 0.6 is 0 Å². The van der Waals surface area contributed by atoms with E-state index in [1.807, 2.05) is 0 Å². The average molecular weight is 327 g/mol. The number of rotatable bonds is 5. The first kappa shape index (κ1) is 16.2. The van der Waals surface area contributed by atoms with Gasteiger partial charge in [0.05, 0.1) is 0 Å². The largest absolute Gasteiger partial charge is 0.426 e. The topological polar surface area (TPSA) is 69.4 Å². The van der Waals surface area contributed by atoms with E-state index in [-0.39, 0.29) is 11.5 Å². The number of esters is 1. The van der Waals surface area contributed by atoms with Crippen molar-refractivity contribution in [1.82, 2.24) is 0 Å². The van der Waals surface area contributed by atoms with Crippen LogP contribution in [0.2, 0.25) is 0 Å². The molecular formula is C19H18FNO3. The third kappa shape index (κ3) is 3.62. The number of ether oxygens (including phenoxy) is 1. The van der Waals surface area contributed by atoms with E-state index in [1.54, 1.807) is 18.2 Å². The standard InChI is InChI=1S/C19H18FNO3/c20-17-8-7-15(24-18(22)9-12-3-1-4-12)11-16(17)13-5-2-6-14(10-13)19(21)23/h2,5-8,10-12H,1,3-4,9H2,(H2,21,23). The van der Waals surface area contributed by atoms with Crippen LogP contribution in [-0.2, 0) is 4.79 Å². The molecule has 1 amide bonds. The molecule has 0 aromatic heterocycles. The van der Waals surface area contributed by atoms with Gasteiger partial charge in [-0.1, -0.05) is 18.6 Å². The van der Waals surface area contributed by atoms with Gasteiger partial charge in [0.25, 0.3) is 0 Å². The van der Waals surface area contributed by atoms with E-state index in [2.05, 4.69) is 0 Å². The Morgan fingerprint density at radius 3 is 2.62 bits per heavy atom. The summed E-state index contributed by atoms with van der Waals surface area (Å²) in [5.74, 6) is -0.649. The van der Waals surface area contributed by atoms with E-state index in [0.29, 0.717) is 29.2 Å². The number of amides is 1. The summed E-state index contributed by atoms with van der Waals surface area (Å²) in [5, 5.41) is 0. The summed E-state index contributed by atoms with van der Waals surface area (Å²) in [6.07, 6.45) is 3.67. The van der Waals surface area contributed by atoms with Crippen molar-refractivity contribution in [3.05, 3.63) is 53.8 Å². The Balaban J connectivity index is 1.82. The van der Waals surface area contributed by atoms with Crippen molar-refractivity contribution in [2.45, 2.75) is 25.7 Å². The molecule has 2 aromatic rings. The van der Waals surface area contributed by atoms with Crippen molar-refractivity contribution in [3.8, 4) is 16.9 Å². The third-order valence-electron chi connectivity index (χ3n) is 4.31. The monoisotopic (exact) mass is 327 g/mol. The van der Waals surface area contributed by atoms with Crippen molar-refractivity contribution in [2.75, 3.05) is 0 Å². The van der Waals surface area contributed by atoms with Gasteiger partial charge in [-0.15, -0.1) is 0 Å². The molecule has 0 aliphatic heterocycles. The minimum Gasteiger partial charge on any atom is -0.426 e. The number of primary amides is 1. The van der Waals surface area contributed by atoms with Crippen LogP contribution in [-0.4, -0.2) is 11.9 Å². The molecule has 0 bridgehead atoms. The molecule has 1 fully saturated rings. The Labute approximate surface area is 139 Å². The summed E-state index contributed by atoms with van der Waals surface area (Å²) in [7, 11) is 0. The minimum absolute atomic E-state index is 0.257. The number of benzene rings is 2. The van der Waals surface area contributed by atoms with Crippen molar-refractivity contribution in [1.29, 1.82) is 0 Å². The van der Waals surface area contributed by atoms with E-state index < -0.39 is 11.7 Å². The molecule has 0 heterocycles. The van der Waals surface area contributed by atoms with Gasteiger partial charge in [-0.2, -0.15) is 0 Å². The molecule has 0 radical (unpaired) electrons. The average Bonchev–Trinajstić information content (AvgIpc) is 2.53. The lowest BCUT2D eigenvalue weighted by Crippen LogP contribution is -2.19. The predicted octanol–water partition coefficient (Wildman–Crippen LogP) is 3.69. The summed E-state index contributed by atoms with van der Waals surface area (Å²) in [6.45, 7) is 0. The summed E-state index contributed by atoms with van der Waals surface area (Å²) in [5.41, 5.74) is 6.31. The fraction of sp³-hybridized carbons (Fsp3) is 0.263. The van der Waals surface area contributed by atoms with Crippen molar-refractivity contribution in [3.63, 3.8) is 0 Å². The molecule has 4 nitrogen and oxygen atoms in total. The highest BCUT2D eigenvalue weighted by atomic mass is 19.1. The van der Waals surface area contributed by atoms with Crippen LogP contribution in [0.5, 0.6) is 5.75 Å². The van der Waals surface area contributed by atoms with Crippen molar-refractivity contribution < 1.29 is 18.7 Å². The molecule has 24 heavy (non-hydrogen) atoms. The molecule has 3 rings (SSSR count). The summed E-state index contributed by atoms with van der Waals surface area (Å²) in [6, 6.07) is 10.5. The van der Waals surface area contributed by atoms with Crippen molar-refractivity contribution in [2.24, 2.45) is 11.7 Å². The lowest BCUT2D eigenvalue weighted by Gasteiger charge is -2.23. The Morgan fingerprint density at radius 2 is 1.96 bits per heavy atom. The van der Waals surface area contributed by atoms with E-state index in [1.165, 1.54) is 24.3 Å². The fourth-order valence-corrected chi connectivity index (χ4v) is 2.73. The van der Waals surface area contributed by atoms with Crippen molar-refractivity contribution >= 4 is 11.9 Å². The van der Waals surface area contributed by atoms with E-state index in [0.717, 1.165) is 19.3 Å². The Morgan fingerprint density at radius 1 is 1.17 bits per heavy atom. The Kier molecular flexibility index (Phi) is 4.60. The molecule has 124 valence electrons. The van der Waals surface area contributed by atoms with Gasteiger partial charge in [-0.25, -0.2) is 4.39 Å². The molecule has 1 aliphatic carbocycles. The Hall–Kier alpha value is -2.69. The maximum Gasteiger partial charge on any atom is 0.311 e. The van der Waals surface area contributed by atoms with Crippen LogP contribution in [0.3, 0.4) is 0 Å². The van der Waals surface area contributed by atoms with E-state index in [9.17, 15) is 14.0 Å². The van der Waals surface area contributed by atoms with Gasteiger partial charge < -0.3 is 10.5 Å². The molecule has 2 aromatic carbocycles. The molecule has 2 N–H and O–H groups in total. The first-order valence-electron chi connectivity index (χ1n) is 7.93. The molecule has 0 unspecified atom stereocenters. The minimum atomic E-state index is -0.583. The number of nitrogens with two attached hydrogens (primary N) is 1. The molecule has 1 aliphatic rings. The maximum absolute atomic E-state index is 14.1. The van der Waals surface area contributed by atoms with Crippen LogP contribution in [0.25, 0.3) is 11.1 Å². The molecule has 0 atom stereocenters. The highest BCUT2D eigenvalue weighted by Gasteiger charge is 2.22. The first-order valence-corrected chi connectivity index (χ1v) is 7.93. The van der Waals surface area contributed by atoms with Crippen LogP contribution in [0, 0.1) is 11.7 Å². The van der Waals surface area contributed by atoms with Gasteiger partial charge in [-0.05, 0) is 54.7 Å². The fourth-order valence-electron chi connectivity index (χ4n) is 2.73. The lowest BCUT2D eigenvalue weighted by atomic mass is 9.83. The van der Waals surface area contributed by atoms with Crippen LogP contribution in [0.1, 0.15) is 36.0 Å². The number of carbonyl (C=O) groups is 2. The zero-order chi connectivity index (χ0) is 17.1. The van der Waals surface area contributed by atoms with Gasteiger partial charge in [0.1, 0.15) is 11.6 Å². The SMILES string of the molecule is NC(=O)c1cccc(-c2cc(OC(=O)CC3CCC3)ccc2F)c1. The quantitative estimate of drug-likeness (QED) is 0.672. The highest BCUT2D eigenvalue weighted by molar-refractivity contribution is 5.94. The summed E-state index contributed by atoms with van der Waals surface area (Å²) in [4.78, 5) is 23.2. The number of hydrogen-bond acceptors (Lipinski definition) is 3. The zero-order valence-corrected chi connectivity index (χ0v) is 13.1. The van der Waals surface area contributed by atoms with Crippen LogP contribution in [0.4, 0.5) is 4.39 Å². The van der Waals surface area contributed by atoms with Gasteiger partial charge in [-0.3, -0.25) is 9.59 Å². The van der Waals surface area contributed by atoms with Gasteiger partial charge in [0.15, 0.2) is 0 Å². The number of halogens is 1. The normalized spacial score (nSPS) is 14.0. The van der Waals surface area contributed by atoms with E-state index >= 15 is 0 Å². The van der Waals surface area contributed by atoms with Crippen LogP contribution < -0.4 is 10.5 Å². The van der Waals surface area contributed by atoms with Gasteiger partial charge in [0.2, 0.25) is 5.91 Å². The molecule has 0 spiro atoms. The predicted molar refractivity (Wildman–Crippen MR) is 87.9 cm³/mol. The lowest BCUT2D eigenvalue weighted by molar-refractivity contribution is -0.136. The Bertz CT molecular complexity index is 784. The summed E-state index contributed by atoms with van der Waals surface area (Å²) < 4.78 is 19.5. The molecule has 5 heteroatoms. The first-order chi connectivity index (χ1) is 11.5. The van der Waals surface area contributed by atoms with Gasteiger partial charge >= 0.3 is 5.97 Å². The van der Waals surface area contributed by atoms with Crippen LogP contribution in [0.15, 0.2) is 42.5 Å².